The third kappa shape index (κ3) is 5.95. The molecular formula is C33H41ClN2O5S. The summed E-state index contributed by atoms with van der Waals surface area (Å²) >= 11 is 6.32. The van der Waals surface area contributed by atoms with Gasteiger partial charge >= 0.3 is 0 Å². The van der Waals surface area contributed by atoms with E-state index in [0.717, 1.165) is 69.3 Å². The topological polar surface area (TPSA) is 84.9 Å². The number of fused-ring (bicyclic) bond motifs is 3. The Morgan fingerprint density at radius 3 is 2.64 bits per heavy atom. The fourth-order valence-electron chi connectivity index (χ4n) is 7.09. The van der Waals surface area contributed by atoms with Crippen molar-refractivity contribution in [2.75, 3.05) is 25.1 Å². The third-order valence-electron chi connectivity index (χ3n) is 10.0. The zero-order valence-electron chi connectivity index (χ0n) is 24.3. The van der Waals surface area contributed by atoms with Gasteiger partial charge in [-0.3, -0.25) is 4.79 Å². The number of amides is 1. The number of hydrogen-bond donors (Lipinski definition) is 1. The number of methoxy groups -OCH3 is 1. The minimum atomic E-state index is -4.06. The molecule has 226 valence electrons. The summed E-state index contributed by atoms with van der Waals surface area (Å²) in [4.78, 5) is 15.8. The van der Waals surface area contributed by atoms with E-state index >= 15 is 0 Å². The van der Waals surface area contributed by atoms with Crippen LogP contribution >= 0.6 is 11.6 Å². The minimum Gasteiger partial charge on any atom is -0.487 e. The molecule has 4 aliphatic rings. The van der Waals surface area contributed by atoms with Gasteiger partial charge in [0.1, 0.15) is 12.4 Å². The van der Waals surface area contributed by atoms with E-state index in [9.17, 15) is 13.2 Å². The van der Waals surface area contributed by atoms with Crippen molar-refractivity contribution in [2.45, 2.75) is 81.8 Å². The molecule has 42 heavy (non-hydrogen) atoms. The quantitative estimate of drug-likeness (QED) is 0.374. The molecule has 2 fully saturated rings. The average Bonchev–Trinajstić information content (AvgIpc) is 2.96. The molecule has 2 aliphatic carbocycles. The lowest BCUT2D eigenvalue weighted by Gasteiger charge is -2.44. The molecule has 1 N–H and O–H groups in total. The Bertz CT molecular complexity index is 1450. The molecule has 3 atom stereocenters. The van der Waals surface area contributed by atoms with E-state index in [1.807, 2.05) is 18.2 Å². The average molecular weight is 613 g/mol. The van der Waals surface area contributed by atoms with Gasteiger partial charge in [0, 0.05) is 25.2 Å². The van der Waals surface area contributed by atoms with Gasteiger partial charge in [0.25, 0.3) is 10.0 Å². The van der Waals surface area contributed by atoms with Crippen LogP contribution in [0.2, 0.25) is 5.02 Å². The molecule has 0 aromatic heterocycles. The molecule has 2 heterocycles. The highest BCUT2D eigenvalue weighted by molar-refractivity contribution is 7.90. The fraction of sp³-hybridized carbons (Fsp3) is 0.545. The number of benzene rings is 2. The summed E-state index contributed by atoms with van der Waals surface area (Å²) in [5, 5.41) is 0.716. The molecular weight excluding hydrogens is 572 g/mol. The first-order valence-electron chi connectivity index (χ1n) is 15.3. The smallest absolute Gasteiger partial charge is 0.264 e. The second kappa shape index (κ2) is 12.2. The van der Waals surface area contributed by atoms with Crippen LogP contribution in [0.1, 0.15) is 68.9 Å². The van der Waals surface area contributed by atoms with Crippen molar-refractivity contribution in [1.29, 1.82) is 0 Å². The summed E-state index contributed by atoms with van der Waals surface area (Å²) in [6.07, 6.45) is 13.0. The maximum absolute atomic E-state index is 13.6. The number of allylic oxidation sites excluding steroid dienone is 1. The minimum absolute atomic E-state index is 0.0217. The van der Waals surface area contributed by atoms with Crippen molar-refractivity contribution >= 4 is 33.2 Å². The van der Waals surface area contributed by atoms with Gasteiger partial charge in [0.2, 0.25) is 5.91 Å². The third-order valence-corrected chi connectivity index (χ3v) is 11.6. The molecule has 2 bridgehead atoms. The Morgan fingerprint density at radius 1 is 1.05 bits per heavy atom. The summed E-state index contributed by atoms with van der Waals surface area (Å²) in [6, 6.07) is 10.9. The maximum atomic E-state index is 13.6. The van der Waals surface area contributed by atoms with Crippen LogP contribution in [-0.2, 0) is 32.6 Å². The Labute approximate surface area is 254 Å². The first-order valence-corrected chi connectivity index (χ1v) is 17.2. The number of nitrogens with zero attached hydrogens (tertiary/aromatic N) is 1. The SMILES string of the molecule is CO[C@@H]1/C=C/CCC2(CCC2)C(=O)NS(=O)(=O)c2ccc3c(c2)N(CCCCc2cc(Cl)ccc2CO3)C[C@@H]2CC[C@H]21. The van der Waals surface area contributed by atoms with Crippen LogP contribution in [0.5, 0.6) is 5.75 Å². The lowest BCUT2D eigenvalue weighted by Crippen LogP contribution is -2.47. The van der Waals surface area contributed by atoms with Crippen molar-refractivity contribution in [3.8, 4) is 5.75 Å². The van der Waals surface area contributed by atoms with Crippen molar-refractivity contribution in [3.05, 3.63) is 64.7 Å². The van der Waals surface area contributed by atoms with Crippen LogP contribution in [0.4, 0.5) is 5.69 Å². The van der Waals surface area contributed by atoms with E-state index < -0.39 is 21.3 Å². The van der Waals surface area contributed by atoms with E-state index in [0.29, 0.717) is 48.5 Å². The molecule has 1 amide bonds. The number of ether oxygens (including phenoxy) is 2. The first kappa shape index (κ1) is 29.5. The van der Waals surface area contributed by atoms with Gasteiger partial charge < -0.3 is 14.4 Å². The number of carbonyl (C=O) groups is 1. The van der Waals surface area contributed by atoms with Crippen molar-refractivity contribution < 1.29 is 22.7 Å². The monoisotopic (exact) mass is 612 g/mol. The van der Waals surface area contributed by atoms with Crippen molar-refractivity contribution in [2.24, 2.45) is 17.3 Å². The van der Waals surface area contributed by atoms with E-state index in [4.69, 9.17) is 21.1 Å². The molecule has 0 saturated heterocycles. The van der Waals surface area contributed by atoms with Gasteiger partial charge in [-0.05, 0) is 111 Å². The van der Waals surface area contributed by atoms with E-state index in [-0.39, 0.29) is 11.0 Å². The summed E-state index contributed by atoms with van der Waals surface area (Å²) in [5.74, 6) is 1.05. The van der Waals surface area contributed by atoms with Gasteiger partial charge in [-0.15, -0.1) is 0 Å². The number of nitrogens with one attached hydrogen (secondary N) is 1. The van der Waals surface area contributed by atoms with E-state index in [2.05, 4.69) is 21.8 Å². The highest BCUT2D eigenvalue weighted by Gasteiger charge is 2.45. The number of carbonyl (C=O) groups excluding carboxylic acids is 1. The zero-order chi connectivity index (χ0) is 29.3. The van der Waals surface area contributed by atoms with Crippen LogP contribution in [0.3, 0.4) is 0 Å². The lowest BCUT2D eigenvalue weighted by molar-refractivity contribution is -0.134. The normalized spacial score (nSPS) is 28.0. The van der Waals surface area contributed by atoms with Gasteiger partial charge in [0.15, 0.2) is 0 Å². The van der Waals surface area contributed by atoms with Crippen molar-refractivity contribution in [3.63, 3.8) is 0 Å². The Morgan fingerprint density at radius 2 is 1.90 bits per heavy atom. The number of halogens is 1. The van der Waals surface area contributed by atoms with Crippen LogP contribution in [0.25, 0.3) is 0 Å². The van der Waals surface area contributed by atoms with Gasteiger partial charge in [-0.1, -0.05) is 36.2 Å². The molecule has 0 unspecified atom stereocenters. The van der Waals surface area contributed by atoms with Gasteiger partial charge in [0.05, 0.1) is 22.1 Å². The lowest BCUT2D eigenvalue weighted by atomic mass is 9.65. The number of sulfonamides is 1. The molecule has 6 rings (SSSR count). The van der Waals surface area contributed by atoms with Crippen LogP contribution in [0, 0.1) is 17.3 Å². The molecule has 1 spiro atoms. The molecule has 7 nitrogen and oxygen atoms in total. The fourth-order valence-corrected chi connectivity index (χ4v) is 8.38. The number of aryl methyl sites for hydroxylation is 1. The Hall–Kier alpha value is -2.55. The second-order valence-electron chi connectivity index (χ2n) is 12.5. The number of hydrogen-bond acceptors (Lipinski definition) is 6. The van der Waals surface area contributed by atoms with Crippen LogP contribution < -0.4 is 14.4 Å². The van der Waals surface area contributed by atoms with Gasteiger partial charge in [-0.2, -0.15) is 0 Å². The second-order valence-corrected chi connectivity index (χ2v) is 14.6. The first-order chi connectivity index (χ1) is 20.3. The summed E-state index contributed by atoms with van der Waals surface area (Å²) in [6.45, 7) is 1.91. The van der Waals surface area contributed by atoms with Crippen molar-refractivity contribution in [1.82, 2.24) is 4.72 Å². The molecule has 2 aromatic carbocycles. The highest BCUT2D eigenvalue weighted by Crippen LogP contribution is 2.46. The molecule has 2 aromatic rings. The molecule has 0 radical (unpaired) electrons. The summed E-state index contributed by atoms with van der Waals surface area (Å²) in [7, 11) is -2.28. The Balaban J connectivity index is 1.40. The predicted molar refractivity (Wildman–Crippen MR) is 164 cm³/mol. The zero-order valence-corrected chi connectivity index (χ0v) is 25.9. The van der Waals surface area contributed by atoms with E-state index in [1.54, 1.807) is 25.3 Å². The number of rotatable bonds is 1. The van der Waals surface area contributed by atoms with Crippen LogP contribution in [-0.4, -0.2) is 40.6 Å². The summed E-state index contributed by atoms with van der Waals surface area (Å²) in [5.41, 5.74) is 2.38. The largest absolute Gasteiger partial charge is 0.487 e. The number of anilines is 1. The summed E-state index contributed by atoms with van der Waals surface area (Å²) < 4.78 is 42.1. The Kier molecular flexibility index (Phi) is 8.58. The molecule has 9 heteroatoms. The predicted octanol–water partition coefficient (Wildman–Crippen LogP) is 6.43. The van der Waals surface area contributed by atoms with Gasteiger partial charge in [-0.25, -0.2) is 13.1 Å². The molecule has 2 aliphatic heterocycles. The highest BCUT2D eigenvalue weighted by atomic mass is 35.5. The maximum Gasteiger partial charge on any atom is 0.264 e. The standard InChI is InChI=1S/C33H41ClN2O5S/c1-40-30-8-2-4-15-33(16-6-17-33)32(37)35-42(38,39)27-12-14-31-29(20-27)36(21-24-10-13-28(24)30)18-5-3-7-23-19-26(34)11-9-25(23)22-41-31/h2,8-9,11-12,14,19-20,24,28,30H,3-7,10,13,15-18,21-22H2,1H3,(H,35,37)/b8-2+/t24-,28+,30+/m0/s1. The van der Waals surface area contributed by atoms with E-state index in [1.165, 1.54) is 5.56 Å². The molecule has 2 saturated carbocycles. The van der Waals surface area contributed by atoms with Crippen LogP contribution in [0.15, 0.2) is 53.4 Å².